The number of carbonyl (C=O) groups is 4. The summed E-state index contributed by atoms with van der Waals surface area (Å²) in [6, 6.07) is 23.8. The van der Waals surface area contributed by atoms with Gasteiger partial charge in [-0.3, -0.25) is 19.2 Å². The van der Waals surface area contributed by atoms with Crippen LogP contribution in [0.2, 0.25) is 0 Å². The third kappa shape index (κ3) is 9.53. The highest BCUT2D eigenvalue weighted by Gasteiger charge is 2.27. The molecule has 2 unspecified atom stereocenters. The Balaban J connectivity index is 0.000000199. The van der Waals surface area contributed by atoms with Crippen molar-refractivity contribution in [3.63, 3.8) is 0 Å². The van der Waals surface area contributed by atoms with E-state index >= 15 is 0 Å². The number of fused-ring (bicyclic) bond motifs is 1. The summed E-state index contributed by atoms with van der Waals surface area (Å²) in [7, 11) is 0. The van der Waals surface area contributed by atoms with Crippen LogP contribution in [0, 0.1) is 17.8 Å². The molecule has 2 aliphatic rings. The maximum Gasteiger partial charge on any atom is 0.307 e. The molecule has 2 N–H and O–H groups in total. The first-order valence-corrected chi connectivity index (χ1v) is 14.8. The third-order valence-electron chi connectivity index (χ3n) is 7.98. The number of hydrogen-bond donors (Lipinski definition) is 2. The van der Waals surface area contributed by atoms with E-state index in [2.05, 4.69) is 0 Å². The number of carboxylic acid groups (broad SMARTS) is 2. The van der Waals surface area contributed by atoms with Crippen LogP contribution >= 0.6 is 0 Å². The maximum absolute atomic E-state index is 12.4. The molecule has 1 aliphatic heterocycles. The number of aliphatic carboxylic acids is 2. The molecule has 2 atom stereocenters. The predicted octanol–water partition coefficient (Wildman–Crippen LogP) is 6.40. The summed E-state index contributed by atoms with van der Waals surface area (Å²) in [5, 5.41) is 18.7. The monoisotopic (exact) mass is 586 g/mol. The van der Waals surface area contributed by atoms with Crippen LogP contribution < -0.4 is 9.47 Å². The van der Waals surface area contributed by atoms with E-state index in [1.165, 1.54) is 6.42 Å². The van der Waals surface area contributed by atoms with Crippen molar-refractivity contribution in [1.29, 1.82) is 0 Å². The van der Waals surface area contributed by atoms with Crippen LogP contribution in [-0.2, 0) is 27.2 Å². The first kappa shape index (κ1) is 31.5. The van der Waals surface area contributed by atoms with Crippen LogP contribution in [0.1, 0.15) is 66.4 Å². The zero-order valence-corrected chi connectivity index (χ0v) is 24.2. The highest BCUT2D eigenvalue weighted by Crippen LogP contribution is 2.33. The van der Waals surface area contributed by atoms with Gasteiger partial charge in [-0.15, -0.1) is 0 Å². The average molecular weight is 587 g/mol. The molecule has 1 aliphatic carbocycles. The Morgan fingerprint density at radius 2 is 1.21 bits per heavy atom. The maximum atomic E-state index is 12.4. The van der Waals surface area contributed by atoms with E-state index < -0.39 is 23.8 Å². The number of ketones is 2. The molecule has 8 nitrogen and oxygen atoms in total. The standard InChI is InChI=1S/C18H16O5.C17H22O3/c19-15(13-6-7-16-17(10-13)23-11-22-16)9-14(18(20)21)8-12-4-2-1-3-5-12;18-16(14-9-5-2-6-10-14)12-15(17(19)20)11-13-7-3-1-4-8-13/h1-7,10,14H,8-9,11H2,(H,20,21);1,3-4,7-8,14-15H,2,5-6,9-12H2,(H,19,20). The van der Waals surface area contributed by atoms with Gasteiger partial charge in [-0.25, -0.2) is 0 Å². The summed E-state index contributed by atoms with van der Waals surface area (Å²) < 4.78 is 10.5. The van der Waals surface area contributed by atoms with E-state index in [1.54, 1.807) is 18.2 Å². The molecule has 1 heterocycles. The van der Waals surface area contributed by atoms with E-state index in [9.17, 15) is 29.4 Å². The molecule has 3 aromatic carbocycles. The molecule has 0 bridgehead atoms. The summed E-state index contributed by atoms with van der Waals surface area (Å²) in [6.45, 7) is 0.138. The van der Waals surface area contributed by atoms with Crippen molar-refractivity contribution < 1.29 is 38.9 Å². The van der Waals surface area contributed by atoms with Crippen molar-refractivity contribution in [2.45, 2.75) is 57.8 Å². The van der Waals surface area contributed by atoms with Crippen LogP contribution in [0.5, 0.6) is 11.5 Å². The quantitative estimate of drug-likeness (QED) is 0.233. The zero-order valence-electron chi connectivity index (χ0n) is 24.2. The minimum atomic E-state index is -0.969. The highest BCUT2D eigenvalue weighted by molar-refractivity contribution is 5.98. The summed E-state index contributed by atoms with van der Waals surface area (Å²) in [5.74, 6) is -2.03. The summed E-state index contributed by atoms with van der Waals surface area (Å²) in [6.07, 6.45) is 6.18. The fraction of sp³-hybridized carbons (Fsp3) is 0.371. The molecule has 3 aromatic rings. The molecule has 0 amide bonds. The smallest absolute Gasteiger partial charge is 0.307 e. The van der Waals surface area contributed by atoms with Crippen molar-refractivity contribution in [2.24, 2.45) is 17.8 Å². The van der Waals surface area contributed by atoms with Gasteiger partial charge in [-0.05, 0) is 55.0 Å². The average Bonchev–Trinajstić information content (AvgIpc) is 3.50. The Labute approximate surface area is 251 Å². The summed E-state index contributed by atoms with van der Waals surface area (Å²) in [5.41, 5.74) is 2.32. The second-order valence-corrected chi connectivity index (χ2v) is 11.2. The fourth-order valence-corrected chi connectivity index (χ4v) is 5.54. The first-order chi connectivity index (χ1) is 20.8. The number of benzene rings is 3. The zero-order chi connectivity index (χ0) is 30.6. The fourth-order valence-electron chi connectivity index (χ4n) is 5.54. The largest absolute Gasteiger partial charge is 0.481 e. The van der Waals surface area contributed by atoms with E-state index in [4.69, 9.17) is 9.47 Å². The number of rotatable bonds is 12. The molecular formula is C35H38O8. The number of Topliss-reactive ketones (excluding diaryl/α,β-unsaturated/α-hetero) is 2. The minimum absolute atomic E-state index is 0.0517. The lowest BCUT2D eigenvalue weighted by Crippen LogP contribution is -2.25. The lowest BCUT2D eigenvalue weighted by Gasteiger charge is -2.22. The second kappa shape index (κ2) is 15.7. The van der Waals surface area contributed by atoms with E-state index in [1.807, 2.05) is 60.7 Å². The molecule has 1 saturated carbocycles. The number of hydrogen-bond acceptors (Lipinski definition) is 6. The van der Waals surface area contributed by atoms with Gasteiger partial charge in [0.15, 0.2) is 17.3 Å². The number of carbonyl (C=O) groups excluding carboxylic acids is 2. The van der Waals surface area contributed by atoms with Crippen molar-refractivity contribution in [1.82, 2.24) is 0 Å². The molecule has 5 rings (SSSR count). The van der Waals surface area contributed by atoms with Crippen LogP contribution in [0.3, 0.4) is 0 Å². The van der Waals surface area contributed by atoms with Crippen molar-refractivity contribution in [3.05, 3.63) is 95.6 Å². The van der Waals surface area contributed by atoms with E-state index in [0.29, 0.717) is 29.9 Å². The third-order valence-corrected chi connectivity index (χ3v) is 7.98. The Morgan fingerprint density at radius 1 is 0.674 bits per heavy atom. The van der Waals surface area contributed by atoms with Crippen LogP contribution in [0.25, 0.3) is 0 Å². The Bertz CT molecular complexity index is 1380. The minimum Gasteiger partial charge on any atom is -0.481 e. The number of ether oxygens (including phenoxy) is 2. The van der Waals surface area contributed by atoms with Crippen LogP contribution in [-0.4, -0.2) is 40.5 Å². The number of carboxylic acids is 2. The van der Waals surface area contributed by atoms with Gasteiger partial charge in [0.1, 0.15) is 5.78 Å². The molecule has 0 spiro atoms. The van der Waals surface area contributed by atoms with E-state index in [0.717, 1.165) is 36.8 Å². The second-order valence-electron chi connectivity index (χ2n) is 11.2. The topological polar surface area (TPSA) is 127 Å². The van der Waals surface area contributed by atoms with Gasteiger partial charge < -0.3 is 19.7 Å². The van der Waals surface area contributed by atoms with Crippen molar-refractivity contribution in [3.8, 4) is 11.5 Å². The Hall–Kier alpha value is -4.46. The molecule has 43 heavy (non-hydrogen) atoms. The van der Waals surface area contributed by atoms with Crippen LogP contribution in [0.4, 0.5) is 0 Å². The van der Waals surface area contributed by atoms with Gasteiger partial charge in [0.25, 0.3) is 0 Å². The molecule has 0 aromatic heterocycles. The SMILES string of the molecule is O=C(CC(Cc1ccccc1)C(=O)O)c1ccc2c(c1)OCO2.O=C(O)C(CC(=O)C1CCCCC1)Cc1ccccc1. The summed E-state index contributed by atoms with van der Waals surface area (Å²) in [4.78, 5) is 47.5. The van der Waals surface area contributed by atoms with E-state index in [-0.39, 0.29) is 37.1 Å². The highest BCUT2D eigenvalue weighted by atomic mass is 16.7. The normalized spacial score (nSPS) is 15.4. The molecular weight excluding hydrogens is 548 g/mol. The van der Waals surface area contributed by atoms with Gasteiger partial charge in [-0.1, -0.05) is 79.9 Å². The van der Waals surface area contributed by atoms with Crippen molar-refractivity contribution >= 4 is 23.5 Å². The van der Waals surface area contributed by atoms with Crippen molar-refractivity contribution in [2.75, 3.05) is 6.79 Å². The van der Waals surface area contributed by atoms with Gasteiger partial charge in [0.05, 0.1) is 11.8 Å². The van der Waals surface area contributed by atoms with Crippen LogP contribution in [0.15, 0.2) is 78.9 Å². The Kier molecular flexibility index (Phi) is 11.5. The lowest BCUT2D eigenvalue weighted by molar-refractivity contribution is -0.144. The predicted molar refractivity (Wildman–Crippen MR) is 160 cm³/mol. The first-order valence-electron chi connectivity index (χ1n) is 14.8. The van der Waals surface area contributed by atoms with Gasteiger partial charge in [-0.2, -0.15) is 0 Å². The molecule has 8 heteroatoms. The molecule has 0 radical (unpaired) electrons. The lowest BCUT2D eigenvalue weighted by atomic mass is 9.82. The van der Waals surface area contributed by atoms with Gasteiger partial charge in [0.2, 0.25) is 6.79 Å². The molecule has 226 valence electrons. The molecule has 0 saturated heterocycles. The summed E-state index contributed by atoms with van der Waals surface area (Å²) >= 11 is 0. The van der Waals surface area contributed by atoms with Gasteiger partial charge in [0, 0.05) is 24.3 Å². The van der Waals surface area contributed by atoms with Gasteiger partial charge >= 0.3 is 11.9 Å². The Morgan fingerprint density at radius 3 is 1.77 bits per heavy atom. The molecule has 1 fully saturated rings.